The monoisotopic (exact) mass is 826 g/mol. The average molecular weight is 826 g/mol. The molecule has 0 saturated carbocycles. The molecule has 4 atom stereocenters. The molecule has 0 aromatic carbocycles. The minimum Gasteiger partial charge on any atom is -0.480 e. The summed E-state index contributed by atoms with van der Waals surface area (Å²) in [6.45, 7) is 2.55. The first kappa shape index (κ1) is 54.1. The smallest absolute Gasteiger partial charge is 0.472 e. The van der Waals surface area contributed by atoms with Gasteiger partial charge in [-0.15, -0.1) is 0 Å². The summed E-state index contributed by atoms with van der Waals surface area (Å²) in [6, 6.07) is -1.55. The van der Waals surface area contributed by atoms with Crippen molar-refractivity contribution in [1.82, 2.24) is 0 Å². The summed E-state index contributed by atoms with van der Waals surface area (Å²) in [5, 5.41) is 19.2. The lowest BCUT2D eigenvalue weighted by molar-refractivity contribution is -0.161. The fraction of sp³-hybridized carbons (Fsp3) is 0.705. The van der Waals surface area contributed by atoms with Crippen molar-refractivity contribution >= 4 is 25.7 Å². The number of rotatable bonds is 39. The number of ether oxygens (including phenoxy) is 2. The molecule has 328 valence electrons. The van der Waals surface area contributed by atoms with E-state index in [1.165, 1.54) is 57.8 Å². The van der Waals surface area contributed by atoms with Gasteiger partial charge in [0, 0.05) is 12.8 Å². The van der Waals surface area contributed by atoms with Crippen molar-refractivity contribution in [3.8, 4) is 0 Å². The van der Waals surface area contributed by atoms with Crippen LogP contribution in [0.4, 0.5) is 0 Å². The predicted molar refractivity (Wildman–Crippen MR) is 227 cm³/mol. The topological polar surface area (TPSA) is 192 Å². The number of aliphatic carboxylic acids is 1. The summed E-state index contributed by atoms with van der Waals surface area (Å²) in [5.41, 5.74) is 5.32. The van der Waals surface area contributed by atoms with Crippen molar-refractivity contribution in [2.75, 3.05) is 19.8 Å². The number of allylic oxidation sites excluding steroid dienone is 9. The molecule has 0 aliphatic carbocycles. The molecule has 12 nitrogen and oxygen atoms in total. The SMILES string of the molecule is CCCCC/C=C/C/C=C/C/C=C/C=C/C(O)CCCC(=O)OC(COC(=O)CCCCCCC/C=C\CCCCCCCC)COP(=O)(O)OCC(N)C(=O)O. The van der Waals surface area contributed by atoms with Gasteiger partial charge in [-0.3, -0.25) is 23.4 Å². The van der Waals surface area contributed by atoms with Gasteiger partial charge in [-0.05, 0) is 70.6 Å². The number of carbonyl (C=O) groups is 3. The van der Waals surface area contributed by atoms with Gasteiger partial charge in [0.1, 0.15) is 12.6 Å². The number of esters is 2. The van der Waals surface area contributed by atoms with E-state index in [1.807, 2.05) is 12.2 Å². The Hall–Kier alpha value is -2.86. The lowest BCUT2D eigenvalue weighted by Crippen LogP contribution is -2.34. The van der Waals surface area contributed by atoms with E-state index in [1.54, 1.807) is 12.2 Å². The number of nitrogens with two attached hydrogens (primary N) is 1. The van der Waals surface area contributed by atoms with E-state index in [0.717, 1.165) is 57.8 Å². The maximum Gasteiger partial charge on any atom is 0.472 e. The molecule has 0 aromatic rings. The average Bonchev–Trinajstić information content (AvgIpc) is 3.18. The molecule has 0 saturated heterocycles. The molecule has 0 aromatic heterocycles. The minimum absolute atomic E-state index is 0.0707. The number of hydrogen-bond donors (Lipinski definition) is 4. The molecule has 0 amide bonds. The fourth-order valence-electron chi connectivity index (χ4n) is 5.40. The van der Waals surface area contributed by atoms with Crippen molar-refractivity contribution in [3.63, 3.8) is 0 Å². The summed E-state index contributed by atoms with van der Waals surface area (Å²) in [4.78, 5) is 45.9. The summed E-state index contributed by atoms with van der Waals surface area (Å²) in [5.74, 6) is -2.62. The highest BCUT2D eigenvalue weighted by Gasteiger charge is 2.28. The zero-order valence-electron chi connectivity index (χ0n) is 35.0. The Bertz CT molecular complexity index is 1220. The highest BCUT2D eigenvalue weighted by atomic mass is 31.2. The molecular formula is C44H76NO11P. The van der Waals surface area contributed by atoms with E-state index in [9.17, 15) is 28.9 Å². The predicted octanol–water partition coefficient (Wildman–Crippen LogP) is 10.1. The van der Waals surface area contributed by atoms with Crippen LogP contribution in [0.3, 0.4) is 0 Å². The molecule has 0 aliphatic rings. The van der Waals surface area contributed by atoms with Crippen LogP contribution in [0.25, 0.3) is 0 Å². The van der Waals surface area contributed by atoms with Crippen LogP contribution in [0.15, 0.2) is 60.8 Å². The molecule has 0 aliphatic heterocycles. The Kier molecular flexibility index (Phi) is 36.7. The highest BCUT2D eigenvalue weighted by molar-refractivity contribution is 7.47. The Morgan fingerprint density at radius 2 is 1.14 bits per heavy atom. The van der Waals surface area contributed by atoms with Gasteiger partial charge in [0.05, 0.1) is 19.3 Å². The number of aliphatic hydroxyl groups excluding tert-OH is 1. The molecule has 5 N–H and O–H groups in total. The fourth-order valence-corrected chi connectivity index (χ4v) is 6.17. The van der Waals surface area contributed by atoms with E-state index in [-0.39, 0.29) is 12.8 Å². The number of aliphatic hydroxyl groups is 1. The van der Waals surface area contributed by atoms with Crippen LogP contribution >= 0.6 is 7.82 Å². The molecule has 0 radical (unpaired) electrons. The molecule has 13 heteroatoms. The second-order valence-electron chi connectivity index (χ2n) is 14.3. The third kappa shape index (κ3) is 38.4. The van der Waals surface area contributed by atoms with Crippen LogP contribution in [0.5, 0.6) is 0 Å². The van der Waals surface area contributed by atoms with E-state index in [0.29, 0.717) is 19.3 Å². The van der Waals surface area contributed by atoms with Crippen molar-refractivity contribution in [2.45, 2.75) is 180 Å². The normalized spacial score (nSPS) is 14.9. The lowest BCUT2D eigenvalue weighted by atomic mass is 10.1. The summed E-state index contributed by atoms with van der Waals surface area (Å²) < 4.78 is 32.5. The maximum atomic E-state index is 12.6. The second kappa shape index (κ2) is 38.6. The van der Waals surface area contributed by atoms with Gasteiger partial charge in [0.25, 0.3) is 0 Å². The van der Waals surface area contributed by atoms with E-state index >= 15 is 0 Å². The minimum atomic E-state index is -4.77. The number of carboxylic acids is 1. The molecule has 0 spiro atoms. The highest BCUT2D eigenvalue weighted by Crippen LogP contribution is 2.43. The van der Waals surface area contributed by atoms with Crippen LogP contribution in [-0.2, 0) is 37.5 Å². The van der Waals surface area contributed by atoms with Crippen molar-refractivity contribution in [1.29, 1.82) is 0 Å². The van der Waals surface area contributed by atoms with Crippen molar-refractivity contribution in [2.24, 2.45) is 5.73 Å². The number of unbranched alkanes of at least 4 members (excludes halogenated alkanes) is 14. The van der Waals surface area contributed by atoms with Crippen molar-refractivity contribution in [3.05, 3.63) is 60.8 Å². The first-order chi connectivity index (χ1) is 27.5. The number of hydrogen-bond acceptors (Lipinski definition) is 10. The van der Waals surface area contributed by atoms with Crippen LogP contribution < -0.4 is 5.73 Å². The van der Waals surface area contributed by atoms with E-state index in [4.69, 9.17) is 24.8 Å². The number of carbonyl (C=O) groups excluding carboxylic acids is 2. The largest absolute Gasteiger partial charge is 0.480 e. The standard InChI is InChI=1S/C44H76NO11P/c1-3-5-7-9-11-13-15-17-18-20-22-24-26-28-30-34-42(47)53-36-40(37-54-57(51,52)55-38-41(45)44(49)50)56-43(48)35-31-33-39(46)32-29-27-25-23-21-19-16-14-12-10-8-6-4-2/h12,14,17-19,21,25,27,29,32,39-41,46H,3-11,13,15-16,20,22-24,26,28,30-31,33-38,45H2,1-2H3,(H,49,50)(H,51,52)/b14-12+,18-17-,21-19+,27-25+,32-29+. The Balaban J connectivity index is 4.60. The van der Waals surface area contributed by atoms with Gasteiger partial charge >= 0.3 is 25.7 Å². The third-order valence-electron chi connectivity index (χ3n) is 8.84. The molecule has 0 fully saturated rings. The van der Waals surface area contributed by atoms with Crippen molar-refractivity contribution < 1.29 is 52.6 Å². The van der Waals surface area contributed by atoms with Crippen LogP contribution in [-0.4, -0.2) is 71.1 Å². The molecule has 57 heavy (non-hydrogen) atoms. The second-order valence-corrected chi connectivity index (χ2v) is 15.8. The van der Waals surface area contributed by atoms with Gasteiger partial charge in [-0.1, -0.05) is 139 Å². The molecular weight excluding hydrogens is 749 g/mol. The summed E-state index contributed by atoms with van der Waals surface area (Å²) in [7, 11) is -4.77. The first-order valence-corrected chi connectivity index (χ1v) is 22.9. The van der Waals surface area contributed by atoms with Gasteiger partial charge in [0.15, 0.2) is 6.10 Å². The zero-order valence-corrected chi connectivity index (χ0v) is 35.9. The molecule has 0 rings (SSSR count). The van der Waals surface area contributed by atoms with Gasteiger partial charge in [-0.2, -0.15) is 0 Å². The molecule has 4 unspecified atom stereocenters. The Morgan fingerprint density at radius 3 is 1.79 bits per heavy atom. The zero-order chi connectivity index (χ0) is 42.2. The molecule has 0 heterocycles. The lowest BCUT2D eigenvalue weighted by Gasteiger charge is -2.20. The number of phosphoric ester groups is 1. The third-order valence-corrected chi connectivity index (χ3v) is 9.79. The first-order valence-electron chi connectivity index (χ1n) is 21.4. The van der Waals surface area contributed by atoms with E-state index in [2.05, 4.69) is 54.8 Å². The van der Waals surface area contributed by atoms with Crippen LogP contribution in [0.2, 0.25) is 0 Å². The van der Waals surface area contributed by atoms with Crippen LogP contribution in [0, 0.1) is 0 Å². The van der Waals surface area contributed by atoms with Gasteiger partial charge < -0.3 is 30.3 Å². The molecule has 0 bridgehead atoms. The number of carboxylic acid groups (broad SMARTS) is 1. The quantitative estimate of drug-likeness (QED) is 0.0151. The Labute approximate surface area is 343 Å². The van der Waals surface area contributed by atoms with E-state index < -0.39 is 63.8 Å². The van der Waals surface area contributed by atoms with Gasteiger partial charge in [-0.25, -0.2) is 4.57 Å². The van der Waals surface area contributed by atoms with Crippen LogP contribution in [0.1, 0.15) is 162 Å². The summed E-state index contributed by atoms with van der Waals surface area (Å²) >= 11 is 0. The summed E-state index contributed by atoms with van der Waals surface area (Å²) in [6.07, 6.45) is 40.3. The Morgan fingerprint density at radius 1 is 0.632 bits per heavy atom. The number of phosphoric acid groups is 1. The maximum absolute atomic E-state index is 12.6. The van der Waals surface area contributed by atoms with Gasteiger partial charge in [0.2, 0.25) is 0 Å².